The van der Waals surface area contributed by atoms with Crippen LogP contribution in [0.4, 0.5) is 10.1 Å². The van der Waals surface area contributed by atoms with E-state index in [1.165, 1.54) is 24.3 Å². The Hall–Kier alpha value is -2.49. The second kappa shape index (κ2) is 5.91. The molecule has 1 aromatic heterocycles. The summed E-state index contributed by atoms with van der Waals surface area (Å²) in [6, 6.07) is 9.13. The summed E-state index contributed by atoms with van der Waals surface area (Å²) in [7, 11) is 0. The van der Waals surface area contributed by atoms with Crippen LogP contribution in [-0.4, -0.2) is 10.8 Å². The molecule has 2 rings (SSSR count). The van der Waals surface area contributed by atoms with Crippen molar-refractivity contribution >= 4 is 11.5 Å². The summed E-state index contributed by atoms with van der Waals surface area (Å²) in [5, 5.41) is 2.99. The number of nitrogens with one attached hydrogen (secondary N) is 1. The number of rotatable bonds is 4. The number of aromatic nitrogens is 1. The predicted octanol–water partition coefficient (Wildman–Crippen LogP) is 3.42. The molecule has 1 aromatic carbocycles. The summed E-state index contributed by atoms with van der Waals surface area (Å²) in [5.74, 6) is -0.497. The molecule has 1 heterocycles. The van der Waals surface area contributed by atoms with E-state index in [1.54, 1.807) is 31.6 Å². The largest absolute Gasteiger partial charge is 0.360 e. The number of halogens is 1. The highest BCUT2D eigenvalue weighted by molar-refractivity contribution is 6.08. The highest BCUT2D eigenvalue weighted by Gasteiger charge is 2.07. The van der Waals surface area contributed by atoms with Crippen LogP contribution in [-0.2, 0) is 0 Å². The molecule has 19 heavy (non-hydrogen) atoms. The van der Waals surface area contributed by atoms with Crippen molar-refractivity contribution in [2.24, 2.45) is 0 Å². The predicted molar refractivity (Wildman–Crippen MR) is 72.3 cm³/mol. The zero-order valence-corrected chi connectivity index (χ0v) is 10.4. The van der Waals surface area contributed by atoms with Gasteiger partial charge in [0.05, 0.1) is 11.9 Å². The van der Waals surface area contributed by atoms with Gasteiger partial charge in [-0.3, -0.25) is 9.78 Å². The number of hydrogen-bond donors (Lipinski definition) is 1. The zero-order chi connectivity index (χ0) is 13.7. The summed E-state index contributed by atoms with van der Waals surface area (Å²) in [5.41, 5.74) is 1.80. The van der Waals surface area contributed by atoms with Crippen LogP contribution in [0.3, 0.4) is 0 Å². The van der Waals surface area contributed by atoms with Crippen LogP contribution < -0.4 is 5.32 Å². The molecule has 0 atom stereocenters. The van der Waals surface area contributed by atoms with E-state index >= 15 is 0 Å². The molecule has 0 amide bonds. The zero-order valence-electron chi connectivity index (χ0n) is 10.4. The minimum atomic E-state index is -0.355. The fraction of sp³-hybridized carbons (Fsp3) is 0.0667. The minimum absolute atomic E-state index is 0.142. The smallest absolute Gasteiger partial charge is 0.190 e. The van der Waals surface area contributed by atoms with Gasteiger partial charge < -0.3 is 5.32 Å². The summed E-state index contributed by atoms with van der Waals surface area (Å²) >= 11 is 0. The molecule has 2 aromatic rings. The fourth-order valence-corrected chi connectivity index (χ4v) is 1.53. The maximum Gasteiger partial charge on any atom is 0.190 e. The molecule has 0 bridgehead atoms. The minimum Gasteiger partial charge on any atom is -0.360 e. The number of anilines is 1. The SMILES string of the molecule is CC(=CNc1cccnc1)C(=O)c1ccc(F)cc1. The maximum atomic E-state index is 12.8. The van der Waals surface area contributed by atoms with E-state index in [-0.39, 0.29) is 11.6 Å². The highest BCUT2D eigenvalue weighted by atomic mass is 19.1. The van der Waals surface area contributed by atoms with Gasteiger partial charge in [-0.1, -0.05) is 0 Å². The third-order valence-corrected chi connectivity index (χ3v) is 2.58. The number of carbonyl (C=O) groups excluding carboxylic acids is 1. The lowest BCUT2D eigenvalue weighted by Crippen LogP contribution is -2.03. The van der Waals surface area contributed by atoms with Gasteiger partial charge in [0.2, 0.25) is 0 Å². The summed E-state index contributed by atoms with van der Waals surface area (Å²) < 4.78 is 12.8. The Morgan fingerprint density at radius 2 is 2.00 bits per heavy atom. The Morgan fingerprint density at radius 3 is 2.63 bits per heavy atom. The summed E-state index contributed by atoms with van der Waals surface area (Å²) in [4.78, 5) is 16.0. The van der Waals surface area contributed by atoms with Crippen LogP contribution >= 0.6 is 0 Å². The van der Waals surface area contributed by atoms with Gasteiger partial charge in [0.15, 0.2) is 5.78 Å². The Morgan fingerprint density at radius 1 is 1.26 bits per heavy atom. The van der Waals surface area contributed by atoms with Crippen LogP contribution in [0.15, 0.2) is 60.6 Å². The van der Waals surface area contributed by atoms with Crippen LogP contribution in [0.5, 0.6) is 0 Å². The van der Waals surface area contributed by atoms with Crippen molar-refractivity contribution < 1.29 is 9.18 Å². The summed E-state index contributed by atoms with van der Waals surface area (Å²) in [6.45, 7) is 1.70. The van der Waals surface area contributed by atoms with Gasteiger partial charge >= 0.3 is 0 Å². The fourth-order valence-electron chi connectivity index (χ4n) is 1.53. The van der Waals surface area contributed by atoms with Crippen molar-refractivity contribution in [3.05, 3.63) is 71.9 Å². The first-order valence-electron chi connectivity index (χ1n) is 5.80. The molecule has 0 aliphatic heterocycles. The van der Waals surface area contributed by atoms with E-state index in [9.17, 15) is 9.18 Å². The lowest BCUT2D eigenvalue weighted by Gasteiger charge is -2.03. The molecule has 4 heteroatoms. The van der Waals surface area contributed by atoms with E-state index < -0.39 is 0 Å². The third-order valence-electron chi connectivity index (χ3n) is 2.58. The Kier molecular flexibility index (Phi) is 4.03. The van der Waals surface area contributed by atoms with Gasteiger partial charge in [-0.2, -0.15) is 0 Å². The highest BCUT2D eigenvalue weighted by Crippen LogP contribution is 2.10. The summed E-state index contributed by atoms with van der Waals surface area (Å²) in [6.07, 6.45) is 4.94. The first kappa shape index (κ1) is 13.0. The van der Waals surface area contributed by atoms with Crippen molar-refractivity contribution in [2.45, 2.75) is 6.92 Å². The van der Waals surface area contributed by atoms with Crippen molar-refractivity contribution in [3.63, 3.8) is 0 Å². The van der Waals surface area contributed by atoms with Crippen LogP contribution in [0.1, 0.15) is 17.3 Å². The van der Waals surface area contributed by atoms with Crippen LogP contribution in [0.25, 0.3) is 0 Å². The standard InChI is InChI=1S/C15H13FN2O/c1-11(9-18-14-3-2-8-17-10-14)15(19)12-4-6-13(16)7-5-12/h2-10,18H,1H3. The van der Waals surface area contributed by atoms with E-state index in [1.807, 2.05) is 6.07 Å². The lowest BCUT2D eigenvalue weighted by molar-refractivity contribution is 0.103. The number of ketones is 1. The molecule has 0 radical (unpaired) electrons. The molecule has 0 aliphatic carbocycles. The van der Waals surface area contributed by atoms with Crippen molar-refractivity contribution in [3.8, 4) is 0 Å². The number of nitrogens with zero attached hydrogens (tertiary/aromatic N) is 1. The first-order chi connectivity index (χ1) is 9.16. The van der Waals surface area contributed by atoms with Gasteiger partial charge in [-0.05, 0) is 43.3 Å². The Labute approximate surface area is 110 Å². The molecular weight excluding hydrogens is 243 g/mol. The number of Topliss-reactive ketones (excluding diaryl/α,β-unsaturated/α-hetero) is 1. The monoisotopic (exact) mass is 256 g/mol. The quantitative estimate of drug-likeness (QED) is 0.673. The van der Waals surface area contributed by atoms with Gasteiger partial charge in [0, 0.05) is 23.5 Å². The molecular formula is C15H13FN2O. The second-order valence-electron chi connectivity index (χ2n) is 4.05. The molecule has 0 saturated heterocycles. The number of carbonyl (C=O) groups is 1. The molecule has 0 spiro atoms. The van der Waals surface area contributed by atoms with Gasteiger partial charge in [-0.15, -0.1) is 0 Å². The van der Waals surface area contributed by atoms with Crippen molar-refractivity contribution in [1.29, 1.82) is 0 Å². The molecule has 0 saturated carbocycles. The lowest BCUT2D eigenvalue weighted by atomic mass is 10.1. The van der Waals surface area contributed by atoms with E-state index in [4.69, 9.17) is 0 Å². The first-order valence-corrected chi connectivity index (χ1v) is 5.80. The van der Waals surface area contributed by atoms with Gasteiger partial charge in [-0.25, -0.2) is 4.39 Å². The number of pyridine rings is 1. The van der Waals surface area contributed by atoms with Gasteiger partial charge in [0.25, 0.3) is 0 Å². The molecule has 0 aliphatic rings. The molecule has 1 N–H and O–H groups in total. The van der Waals surface area contributed by atoms with Gasteiger partial charge in [0.1, 0.15) is 5.82 Å². The molecule has 96 valence electrons. The number of hydrogen-bond acceptors (Lipinski definition) is 3. The van der Waals surface area contributed by atoms with E-state index in [0.717, 1.165) is 5.69 Å². The van der Waals surface area contributed by atoms with Crippen LogP contribution in [0.2, 0.25) is 0 Å². The van der Waals surface area contributed by atoms with E-state index in [0.29, 0.717) is 11.1 Å². The molecule has 3 nitrogen and oxygen atoms in total. The molecule has 0 fully saturated rings. The third kappa shape index (κ3) is 3.48. The second-order valence-corrected chi connectivity index (χ2v) is 4.05. The maximum absolute atomic E-state index is 12.8. The topological polar surface area (TPSA) is 42.0 Å². The number of allylic oxidation sites excluding steroid dienone is 1. The average Bonchev–Trinajstić information content (AvgIpc) is 2.46. The Bertz CT molecular complexity index is 591. The molecule has 0 unspecified atom stereocenters. The van der Waals surface area contributed by atoms with Crippen LogP contribution in [0, 0.1) is 5.82 Å². The number of benzene rings is 1. The Balaban J connectivity index is 2.08. The van der Waals surface area contributed by atoms with Crippen molar-refractivity contribution in [2.75, 3.05) is 5.32 Å². The van der Waals surface area contributed by atoms with E-state index in [2.05, 4.69) is 10.3 Å². The normalized spacial score (nSPS) is 11.2. The average molecular weight is 256 g/mol. The van der Waals surface area contributed by atoms with Crippen molar-refractivity contribution in [1.82, 2.24) is 4.98 Å².